The van der Waals surface area contributed by atoms with Gasteiger partial charge in [-0.25, -0.2) is 9.78 Å². The van der Waals surface area contributed by atoms with Gasteiger partial charge in [-0.3, -0.25) is 4.79 Å². The first kappa shape index (κ1) is 12.9. The lowest BCUT2D eigenvalue weighted by atomic mass is 10.2. The molecule has 2 N–H and O–H groups in total. The van der Waals surface area contributed by atoms with E-state index in [1.54, 1.807) is 20.8 Å². The van der Waals surface area contributed by atoms with Gasteiger partial charge in [0.25, 0.3) is 5.24 Å². The number of rotatable bonds is 2. The Labute approximate surface area is 102 Å². The maximum Gasteiger partial charge on any atom is 0.368 e. The number of esters is 1. The molecule has 0 fully saturated rings. The predicted octanol–water partition coefficient (Wildman–Crippen LogP) is 2.06. The molecule has 5 nitrogen and oxygen atoms in total. The highest BCUT2D eigenvalue weighted by atomic mass is 35.5. The molecule has 1 aromatic rings. The van der Waals surface area contributed by atoms with Gasteiger partial charge < -0.3 is 10.5 Å². The first-order valence-corrected chi connectivity index (χ1v) is 5.59. The minimum Gasteiger partial charge on any atom is -0.455 e. The van der Waals surface area contributed by atoms with Gasteiger partial charge >= 0.3 is 5.97 Å². The number of nitrogens with two attached hydrogens (primary N) is 1. The normalized spacial score (nSPS) is 11.2. The molecule has 0 unspecified atom stereocenters. The zero-order valence-electron chi connectivity index (χ0n) is 9.04. The summed E-state index contributed by atoms with van der Waals surface area (Å²) in [6.45, 7) is 5.19. The number of carbonyl (C=O) groups is 2. The summed E-state index contributed by atoms with van der Waals surface area (Å²) in [7, 11) is 0. The van der Waals surface area contributed by atoms with Crippen LogP contribution in [0.25, 0.3) is 0 Å². The Morgan fingerprint density at radius 3 is 2.38 bits per heavy atom. The van der Waals surface area contributed by atoms with Gasteiger partial charge in [0, 0.05) is 0 Å². The zero-order chi connectivity index (χ0) is 12.5. The Bertz CT molecular complexity index is 436. The Balaban J connectivity index is 2.94. The summed E-state index contributed by atoms with van der Waals surface area (Å²) in [4.78, 5) is 26.2. The Kier molecular flexibility index (Phi) is 3.54. The molecule has 0 bridgehead atoms. The molecule has 0 saturated carbocycles. The standard InChI is InChI=1S/C9H11ClN2O3S/c1-9(2,3)15-8(14)7-12-4(5(10)13)6(11)16-7/h11H2,1-3H3. The van der Waals surface area contributed by atoms with Crippen molar-refractivity contribution in [3.63, 3.8) is 0 Å². The second-order valence-corrected chi connectivity index (χ2v) is 5.38. The van der Waals surface area contributed by atoms with Crippen LogP contribution in [0.15, 0.2) is 0 Å². The topological polar surface area (TPSA) is 82.3 Å². The third kappa shape index (κ3) is 3.18. The predicted molar refractivity (Wildman–Crippen MR) is 61.9 cm³/mol. The highest BCUT2D eigenvalue weighted by Gasteiger charge is 2.23. The second-order valence-electron chi connectivity index (χ2n) is 4.01. The summed E-state index contributed by atoms with van der Waals surface area (Å²) in [5.74, 6) is -0.617. The van der Waals surface area contributed by atoms with E-state index < -0.39 is 16.8 Å². The number of thiazole rings is 1. The van der Waals surface area contributed by atoms with E-state index in [1.807, 2.05) is 0 Å². The number of aromatic nitrogens is 1. The summed E-state index contributed by atoms with van der Waals surface area (Å²) in [5.41, 5.74) is 4.76. The van der Waals surface area contributed by atoms with Crippen molar-refractivity contribution in [3.8, 4) is 0 Å². The van der Waals surface area contributed by atoms with E-state index in [2.05, 4.69) is 4.98 Å². The highest BCUT2D eigenvalue weighted by Crippen LogP contribution is 2.24. The van der Waals surface area contributed by atoms with E-state index >= 15 is 0 Å². The number of anilines is 1. The van der Waals surface area contributed by atoms with Gasteiger partial charge in [-0.2, -0.15) is 0 Å². The van der Waals surface area contributed by atoms with E-state index in [9.17, 15) is 9.59 Å². The molecular formula is C9H11ClN2O3S. The number of halogens is 1. The second kappa shape index (κ2) is 4.39. The van der Waals surface area contributed by atoms with Crippen molar-refractivity contribution < 1.29 is 14.3 Å². The molecule has 88 valence electrons. The average Bonchev–Trinajstić information content (AvgIpc) is 2.44. The van der Waals surface area contributed by atoms with E-state index in [1.165, 1.54) is 0 Å². The molecule has 0 atom stereocenters. The van der Waals surface area contributed by atoms with Crippen molar-refractivity contribution in [3.05, 3.63) is 10.7 Å². The molecule has 0 radical (unpaired) electrons. The first-order chi connectivity index (χ1) is 7.20. The van der Waals surface area contributed by atoms with E-state index in [-0.39, 0.29) is 15.7 Å². The van der Waals surface area contributed by atoms with Gasteiger partial charge in [-0.15, -0.1) is 0 Å². The first-order valence-electron chi connectivity index (χ1n) is 4.40. The fourth-order valence-corrected chi connectivity index (χ4v) is 1.79. The lowest BCUT2D eigenvalue weighted by Gasteiger charge is -2.18. The molecule has 0 aliphatic heterocycles. The van der Waals surface area contributed by atoms with Crippen LogP contribution in [0.3, 0.4) is 0 Å². The molecule has 0 saturated heterocycles. The fourth-order valence-electron chi connectivity index (χ4n) is 0.882. The van der Waals surface area contributed by atoms with Crippen LogP contribution in [-0.2, 0) is 4.74 Å². The third-order valence-electron chi connectivity index (χ3n) is 1.41. The molecule has 16 heavy (non-hydrogen) atoms. The van der Waals surface area contributed by atoms with Gasteiger partial charge in [-0.05, 0) is 32.4 Å². The van der Waals surface area contributed by atoms with Crippen molar-refractivity contribution in [1.82, 2.24) is 4.98 Å². The van der Waals surface area contributed by atoms with Crippen molar-refractivity contribution >= 4 is 39.2 Å². The van der Waals surface area contributed by atoms with Crippen LogP contribution in [0.1, 0.15) is 41.1 Å². The maximum atomic E-state index is 11.6. The van der Waals surface area contributed by atoms with Crippen LogP contribution in [0, 0.1) is 0 Å². The minimum absolute atomic E-state index is 0.0245. The number of ether oxygens (including phenoxy) is 1. The summed E-state index contributed by atoms with van der Waals surface area (Å²) in [6.07, 6.45) is 0. The molecule has 0 aliphatic carbocycles. The largest absolute Gasteiger partial charge is 0.455 e. The molecule has 0 aromatic carbocycles. The van der Waals surface area contributed by atoms with Crippen molar-refractivity contribution in [1.29, 1.82) is 0 Å². The molecule has 0 spiro atoms. The number of carbonyl (C=O) groups excluding carboxylic acids is 2. The fraction of sp³-hybridized carbons (Fsp3) is 0.444. The van der Waals surface area contributed by atoms with Gasteiger partial charge in [-0.1, -0.05) is 11.3 Å². The van der Waals surface area contributed by atoms with Crippen LogP contribution in [0.5, 0.6) is 0 Å². The molecule has 1 rings (SSSR count). The van der Waals surface area contributed by atoms with Gasteiger partial charge in [0.15, 0.2) is 5.69 Å². The summed E-state index contributed by atoms with van der Waals surface area (Å²) < 4.78 is 5.07. The van der Waals surface area contributed by atoms with E-state index in [4.69, 9.17) is 22.1 Å². The Morgan fingerprint density at radius 2 is 2.00 bits per heavy atom. The molecule has 1 heterocycles. The Hall–Kier alpha value is -1.14. The van der Waals surface area contributed by atoms with Crippen molar-refractivity contribution in [2.24, 2.45) is 0 Å². The van der Waals surface area contributed by atoms with Crippen LogP contribution >= 0.6 is 22.9 Å². The molecular weight excluding hydrogens is 252 g/mol. The highest BCUT2D eigenvalue weighted by molar-refractivity contribution is 7.17. The van der Waals surface area contributed by atoms with Gasteiger partial charge in [0.1, 0.15) is 10.6 Å². The maximum absolute atomic E-state index is 11.6. The van der Waals surface area contributed by atoms with Crippen molar-refractivity contribution in [2.45, 2.75) is 26.4 Å². The van der Waals surface area contributed by atoms with Gasteiger partial charge in [0.2, 0.25) is 5.01 Å². The van der Waals surface area contributed by atoms with Crippen LogP contribution < -0.4 is 5.73 Å². The Morgan fingerprint density at radius 1 is 1.44 bits per heavy atom. The minimum atomic E-state index is -0.788. The SMILES string of the molecule is CC(C)(C)OC(=O)c1nc(C(=O)Cl)c(N)s1. The van der Waals surface area contributed by atoms with Crippen LogP contribution in [0.4, 0.5) is 5.00 Å². The third-order valence-corrected chi connectivity index (χ3v) is 2.46. The number of nitrogen functional groups attached to an aromatic ring is 1. The molecule has 0 aliphatic rings. The molecule has 7 heteroatoms. The summed E-state index contributed by atoms with van der Waals surface area (Å²) >= 11 is 6.11. The number of nitrogens with zero attached hydrogens (tertiary/aromatic N) is 1. The zero-order valence-corrected chi connectivity index (χ0v) is 10.6. The van der Waals surface area contributed by atoms with E-state index in [0.717, 1.165) is 11.3 Å². The monoisotopic (exact) mass is 262 g/mol. The lowest BCUT2D eigenvalue weighted by molar-refractivity contribution is 0.00692. The average molecular weight is 263 g/mol. The lowest BCUT2D eigenvalue weighted by Crippen LogP contribution is -2.23. The van der Waals surface area contributed by atoms with E-state index in [0.29, 0.717) is 0 Å². The van der Waals surface area contributed by atoms with Crippen LogP contribution in [-0.4, -0.2) is 21.8 Å². The quantitative estimate of drug-likeness (QED) is 0.652. The van der Waals surface area contributed by atoms with Gasteiger partial charge in [0.05, 0.1) is 0 Å². The molecule has 1 aromatic heterocycles. The van der Waals surface area contributed by atoms with Crippen molar-refractivity contribution in [2.75, 3.05) is 5.73 Å². The van der Waals surface area contributed by atoms with Crippen LogP contribution in [0.2, 0.25) is 0 Å². The number of hydrogen-bond donors (Lipinski definition) is 1. The summed E-state index contributed by atoms with van der Waals surface area (Å²) in [5, 5.41) is -0.652. The molecule has 0 amide bonds. The number of hydrogen-bond acceptors (Lipinski definition) is 6. The summed E-state index contributed by atoms with van der Waals surface area (Å²) in [6, 6.07) is 0. The smallest absolute Gasteiger partial charge is 0.368 e.